The van der Waals surface area contributed by atoms with E-state index in [9.17, 15) is 0 Å². The summed E-state index contributed by atoms with van der Waals surface area (Å²) in [5.41, 5.74) is 6.53. The largest absolute Gasteiger partial charge is 0.467 e. The first kappa shape index (κ1) is 29.2. The lowest BCUT2D eigenvalue weighted by atomic mass is 10.0. The van der Waals surface area contributed by atoms with Crippen LogP contribution >= 0.6 is 0 Å². The molecule has 0 aromatic heterocycles. The van der Waals surface area contributed by atoms with Crippen LogP contribution in [0.2, 0.25) is 0 Å². The number of hydrogen-bond donors (Lipinski definition) is 0. The van der Waals surface area contributed by atoms with E-state index in [1.807, 2.05) is 30.3 Å². The van der Waals surface area contributed by atoms with Crippen molar-refractivity contribution in [3.63, 3.8) is 0 Å². The summed E-state index contributed by atoms with van der Waals surface area (Å²) < 4.78 is 33.0. The Bertz CT molecular complexity index is 1010. The molecular weight excluding hydrogens is 456 g/mol. The molecule has 0 saturated heterocycles. The zero-order valence-electron chi connectivity index (χ0n) is 22.7. The lowest BCUT2D eigenvalue weighted by Gasteiger charge is -2.16. The van der Waals surface area contributed by atoms with E-state index in [2.05, 4.69) is 52.0 Å². The van der Waals surface area contributed by atoms with Crippen LogP contribution in [0.4, 0.5) is 0 Å². The van der Waals surface area contributed by atoms with E-state index >= 15 is 0 Å². The van der Waals surface area contributed by atoms with Crippen molar-refractivity contribution >= 4 is 12.2 Å². The van der Waals surface area contributed by atoms with Crippen molar-refractivity contribution < 1.29 is 28.4 Å². The van der Waals surface area contributed by atoms with Crippen molar-refractivity contribution in [1.29, 1.82) is 0 Å². The minimum absolute atomic E-state index is 0.148. The van der Waals surface area contributed by atoms with Crippen LogP contribution in [-0.4, -0.2) is 41.7 Å². The van der Waals surface area contributed by atoms with Gasteiger partial charge in [0.1, 0.15) is 17.2 Å². The Labute approximate surface area is 216 Å². The van der Waals surface area contributed by atoms with Gasteiger partial charge in [-0.05, 0) is 81.5 Å². The van der Waals surface area contributed by atoms with Crippen LogP contribution < -0.4 is 14.2 Å². The van der Waals surface area contributed by atoms with Crippen molar-refractivity contribution in [3.05, 3.63) is 75.9 Å². The molecule has 0 radical (unpaired) electrons. The van der Waals surface area contributed by atoms with Gasteiger partial charge in [0.05, 0.1) is 0 Å². The standard InChI is InChI=1S/C30H40O6/c1-22(2)8-13-26-16-24(12-15-28(26)34-19-31-5)10-11-25-17-29(35-20-32-6)27(14-9-23(3)4)30(18-25)36-21-33-7/h8-12,15-18H,13-14,19-21H2,1-7H3. The average Bonchev–Trinajstić information content (AvgIpc) is 2.86. The fourth-order valence-electron chi connectivity index (χ4n) is 3.38. The molecule has 2 aromatic carbocycles. The molecule has 6 nitrogen and oxygen atoms in total. The number of ether oxygens (including phenoxy) is 6. The van der Waals surface area contributed by atoms with Crippen molar-refractivity contribution in [2.45, 2.75) is 40.5 Å². The van der Waals surface area contributed by atoms with Crippen LogP contribution in [0.1, 0.15) is 49.9 Å². The Kier molecular flexibility index (Phi) is 12.8. The predicted molar refractivity (Wildman–Crippen MR) is 146 cm³/mol. The second-order valence-electron chi connectivity index (χ2n) is 8.82. The summed E-state index contributed by atoms with van der Waals surface area (Å²) in [6.45, 7) is 8.83. The predicted octanol–water partition coefficient (Wildman–Crippen LogP) is 6.82. The summed E-state index contributed by atoms with van der Waals surface area (Å²) in [6, 6.07) is 10.2. The summed E-state index contributed by atoms with van der Waals surface area (Å²) in [5, 5.41) is 0. The van der Waals surface area contributed by atoms with Gasteiger partial charge < -0.3 is 28.4 Å². The molecule has 0 aliphatic rings. The van der Waals surface area contributed by atoms with Gasteiger partial charge in [0.25, 0.3) is 0 Å². The number of methoxy groups -OCH3 is 3. The molecular formula is C30H40O6. The maximum absolute atomic E-state index is 5.92. The lowest BCUT2D eigenvalue weighted by Crippen LogP contribution is -2.06. The molecule has 0 spiro atoms. The normalized spacial score (nSPS) is 10.9. The minimum Gasteiger partial charge on any atom is -0.467 e. The van der Waals surface area contributed by atoms with E-state index in [0.717, 1.165) is 45.9 Å². The van der Waals surface area contributed by atoms with E-state index in [1.165, 1.54) is 11.1 Å². The molecule has 0 amide bonds. The zero-order valence-corrected chi connectivity index (χ0v) is 22.7. The number of hydrogen-bond acceptors (Lipinski definition) is 6. The Balaban J connectivity index is 2.44. The summed E-state index contributed by atoms with van der Waals surface area (Å²) >= 11 is 0. The average molecular weight is 497 g/mol. The van der Waals surface area contributed by atoms with Gasteiger partial charge in [0, 0.05) is 26.9 Å². The van der Waals surface area contributed by atoms with Crippen LogP contribution in [0.5, 0.6) is 17.2 Å². The van der Waals surface area contributed by atoms with Gasteiger partial charge in [-0.25, -0.2) is 0 Å². The third-order valence-electron chi connectivity index (χ3n) is 5.18. The Hall–Kier alpha value is -3.06. The van der Waals surface area contributed by atoms with Crippen LogP contribution in [0.25, 0.3) is 12.2 Å². The lowest BCUT2D eigenvalue weighted by molar-refractivity contribution is 0.0448. The maximum Gasteiger partial charge on any atom is 0.188 e. The first-order chi connectivity index (χ1) is 17.4. The van der Waals surface area contributed by atoms with Crippen LogP contribution in [-0.2, 0) is 27.1 Å². The van der Waals surface area contributed by atoms with Crippen LogP contribution in [0.3, 0.4) is 0 Å². The highest BCUT2D eigenvalue weighted by Gasteiger charge is 2.13. The van der Waals surface area contributed by atoms with Gasteiger partial charge in [-0.15, -0.1) is 0 Å². The Morgan fingerprint density at radius 2 is 1.11 bits per heavy atom. The molecule has 6 heteroatoms. The third-order valence-corrected chi connectivity index (χ3v) is 5.18. The molecule has 0 bridgehead atoms. The van der Waals surface area contributed by atoms with Gasteiger partial charge in [0.2, 0.25) is 0 Å². The molecule has 0 N–H and O–H groups in total. The summed E-state index contributed by atoms with van der Waals surface area (Å²) in [4.78, 5) is 0. The molecule has 0 atom stereocenters. The van der Waals surface area contributed by atoms with E-state index in [1.54, 1.807) is 21.3 Å². The minimum atomic E-state index is 0.148. The number of allylic oxidation sites excluding steroid dienone is 4. The molecule has 0 aliphatic heterocycles. The molecule has 0 unspecified atom stereocenters. The van der Waals surface area contributed by atoms with Crippen LogP contribution in [0.15, 0.2) is 53.6 Å². The summed E-state index contributed by atoms with van der Waals surface area (Å²) in [6.07, 6.45) is 9.91. The van der Waals surface area contributed by atoms with Crippen molar-refractivity contribution in [2.24, 2.45) is 0 Å². The molecule has 0 fully saturated rings. The molecule has 0 saturated carbocycles. The molecule has 2 rings (SSSR count). The topological polar surface area (TPSA) is 55.4 Å². The number of benzene rings is 2. The zero-order chi connectivity index (χ0) is 26.3. The highest BCUT2D eigenvalue weighted by molar-refractivity contribution is 5.72. The van der Waals surface area contributed by atoms with Gasteiger partial charge in [0.15, 0.2) is 20.4 Å². The number of rotatable bonds is 15. The highest BCUT2D eigenvalue weighted by Crippen LogP contribution is 2.33. The van der Waals surface area contributed by atoms with Gasteiger partial charge in [-0.1, -0.05) is 41.5 Å². The van der Waals surface area contributed by atoms with Gasteiger partial charge in [-0.2, -0.15) is 0 Å². The molecule has 36 heavy (non-hydrogen) atoms. The van der Waals surface area contributed by atoms with Gasteiger partial charge >= 0.3 is 0 Å². The second-order valence-corrected chi connectivity index (χ2v) is 8.82. The fraction of sp³-hybridized carbons (Fsp3) is 0.400. The SMILES string of the molecule is COCOc1ccc(C=Cc2cc(OCOC)c(CC=C(C)C)c(OCOC)c2)cc1CC=C(C)C. The van der Waals surface area contributed by atoms with E-state index < -0.39 is 0 Å². The monoisotopic (exact) mass is 496 g/mol. The van der Waals surface area contributed by atoms with Crippen molar-refractivity contribution in [1.82, 2.24) is 0 Å². The van der Waals surface area contributed by atoms with E-state index in [-0.39, 0.29) is 20.4 Å². The maximum atomic E-state index is 5.92. The summed E-state index contributed by atoms with van der Waals surface area (Å²) in [7, 11) is 4.83. The van der Waals surface area contributed by atoms with Crippen molar-refractivity contribution in [3.8, 4) is 17.2 Å². The highest BCUT2D eigenvalue weighted by atomic mass is 16.7. The first-order valence-electron chi connectivity index (χ1n) is 12.0. The molecule has 0 aliphatic carbocycles. The molecule has 196 valence electrons. The Morgan fingerprint density at radius 1 is 0.611 bits per heavy atom. The van der Waals surface area contributed by atoms with E-state index in [0.29, 0.717) is 6.42 Å². The smallest absolute Gasteiger partial charge is 0.188 e. The quantitative estimate of drug-likeness (QED) is 0.153. The fourth-order valence-corrected chi connectivity index (χ4v) is 3.38. The van der Waals surface area contributed by atoms with Crippen molar-refractivity contribution in [2.75, 3.05) is 41.7 Å². The molecule has 2 aromatic rings. The second kappa shape index (κ2) is 15.8. The van der Waals surface area contributed by atoms with E-state index in [4.69, 9.17) is 28.4 Å². The Morgan fingerprint density at radius 3 is 1.64 bits per heavy atom. The van der Waals surface area contributed by atoms with Crippen LogP contribution in [0, 0.1) is 0 Å². The molecule has 0 heterocycles. The van der Waals surface area contributed by atoms with Gasteiger partial charge in [-0.3, -0.25) is 0 Å². The third kappa shape index (κ3) is 9.90. The first-order valence-corrected chi connectivity index (χ1v) is 12.0. The summed E-state index contributed by atoms with van der Waals surface area (Å²) in [5.74, 6) is 2.26.